The van der Waals surface area contributed by atoms with E-state index in [9.17, 15) is 0 Å². The molecule has 0 amide bonds. The molecule has 0 saturated heterocycles. The summed E-state index contributed by atoms with van der Waals surface area (Å²) in [6, 6.07) is 0. The van der Waals surface area contributed by atoms with Crippen molar-refractivity contribution >= 4 is 22.0 Å². The van der Waals surface area contributed by atoms with Gasteiger partial charge in [0.2, 0.25) is 0 Å². The summed E-state index contributed by atoms with van der Waals surface area (Å²) in [4.78, 5) is 0. The molecule has 21 heteroatoms. The van der Waals surface area contributed by atoms with E-state index >= 15 is 0 Å². The van der Waals surface area contributed by atoms with Gasteiger partial charge >= 0.3 is 462 Å². The van der Waals surface area contributed by atoms with E-state index in [1.807, 2.05) is 0 Å². The summed E-state index contributed by atoms with van der Waals surface area (Å²) < 4.78 is 0. The van der Waals surface area contributed by atoms with Crippen molar-refractivity contribution in [1.29, 1.82) is 0 Å². The van der Waals surface area contributed by atoms with Crippen LogP contribution in [0.15, 0.2) is 0 Å². The molecule has 0 rings (SSSR count). The van der Waals surface area contributed by atoms with Gasteiger partial charge in [-0.1, -0.05) is 0 Å². The van der Waals surface area contributed by atoms with Crippen molar-refractivity contribution in [2.75, 3.05) is 0 Å². The van der Waals surface area contributed by atoms with E-state index in [-0.39, 0.29) is 462 Å². The van der Waals surface area contributed by atoms with Gasteiger partial charge in [0.05, 0.1) is 0 Å². The van der Waals surface area contributed by atoms with Gasteiger partial charge in [-0.3, -0.25) is 22.0 Å². The van der Waals surface area contributed by atoms with Crippen molar-refractivity contribution in [3.8, 4) is 0 Å². The number of hydrogen-bond donors (Lipinski definition) is 0. The Morgan fingerprint density at radius 2 is 0.238 bits per heavy atom. The SMILES string of the molecule is [K+].[K+].[K+].[K+].[K+].[K+].[K+].[K+].[K+].[O-]B([O-])[O-].[O-]B([O-])[O-].[O-]B([O-])[O-]. The Bertz CT molecular complexity index is 59.0. The summed E-state index contributed by atoms with van der Waals surface area (Å²) in [6.07, 6.45) is 0. The van der Waals surface area contributed by atoms with Crippen molar-refractivity contribution in [1.82, 2.24) is 0 Å². The van der Waals surface area contributed by atoms with Crippen LogP contribution in [0.3, 0.4) is 0 Å². The maximum absolute atomic E-state index is 8.42. The zero-order chi connectivity index (χ0) is 10.7. The minimum atomic E-state index is -2.92. The van der Waals surface area contributed by atoms with Crippen molar-refractivity contribution < 1.29 is 508 Å². The van der Waals surface area contributed by atoms with Crippen LogP contribution in [0.1, 0.15) is 0 Å². The zero-order valence-corrected chi connectivity index (χ0v) is 42.5. The van der Waals surface area contributed by atoms with E-state index < -0.39 is 22.0 Å². The van der Waals surface area contributed by atoms with E-state index in [0.29, 0.717) is 0 Å². The largest absolute Gasteiger partial charge is 1.00 e. The second-order valence-electron chi connectivity index (χ2n) is 0.866. The summed E-state index contributed by atoms with van der Waals surface area (Å²) in [6.45, 7) is 0. The molecule has 9 nitrogen and oxygen atoms in total. The molecule has 0 aliphatic rings. The quantitative estimate of drug-likeness (QED) is 0.273. The Labute approximate surface area is 509 Å². The van der Waals surface area contributed by atoms with Crippen LogP contribution in [-0.2, 0) is 0 Å². The molecule has 0 spiro atoms. The fourth-order valence-corrected chi connectivity index (χ4v) is 0. The summed E-state index contributed by atoms with van der Waals surface area (Å²) in [5, 5.41) is 75.8. The van der Waals surface area contributed by atoms with Gasteiger partial charge in [0, 0.05) is 0 Å². The third kappa shape index (κ3) is 173. The summed E-state index contributed by atoms with van der Waals surface area (Å²) in [7, 11) is -8.75. The topological polar surface area (TPSA) is 208 Å². The average molecular weight is 528 g/mol. The molecule has 21 heavy (non-hydrogen) atoms. The van der Waals surface area contributed by atoms with Crippen LogP contribution >= 0.6 is 0 Å². The predicted molar refractivity (Wildman–Crippen MR) is 17.3 cm³/mol. The molecule has 0 fully saturated rings. The van der Waals surface area contributed by atoms with Gasteiger partial charge in [-0.25, -0.2) is 0 Å². The smallest absolute Gasteiger partial charge is 0.907 e. The Balaban J connectivity index is -0.00000000476. The molecule has 0 saturated carbocycles. The second-order valence-corrected chi connectivity index (χ2v) is 0.866. The van der Waals surface area contributed by atoms with Crippen LogP contribution in [0.4, 0.5) is 0 Å². The van der Waals surface area contributed by atoms with Gasteiger partial charge < -0.3 is 45.2 Å². The van der Waals surface area contributed by atoms with Crippen LogP contribution in [0.2, 0.25) is 0 Å². The van der Waals surface area contributed by atoms with Crippen LogP contribution in [0.5, 0.6) is 0 Å². The molecule has 0 aromatic carbocycles. The molecule has 0 radical (unpaired) electrons. The maximum atomic E-state index is 8.42. The van der Waals surface area contributed by atoms with Gasteiger partial charge in [0.25, 0.3) is 0 Å². The number of hydrogen-bond acceptors (Lipinski definition) is 9. The van der Waals surface area contributed by atoms with Crippen LogP contribution in [0, 0.1) is 0 Å². The Kier molecular flexibility index (Phi) is 256. The minimum Gasteiger partial charge on any atom is -0.907 e. The van der Waals surface area contributed by atoms with Crippen molar-refractivity contribution in [2.24, 2.45) is 0 Å². The van der Waals surface area contributed by atoms with E-state index in [1.54, 1.807) is 0 Å². The summed E-state index contributed by atoms with van der Waals surface area (Å²) in [5.41, 5.74) is 0. The Morgan fingerprint density at radius 3 is 0.238 bits per heavy atom. The van der Waals surface area contributed by atoms with E-state index in [0.717, 1.165) is 0 Å². The van der Waals surface area contributed by atoms with Gasteiger partial charge in [0.15, 0.2) is 0 Å². The van der Waals surface area contributed by atoms with Gasteiger partial charge in [-0.15, -0.1) is 0 Å². The minimum absolute atomic E-state index is 0. The third-order valence-corrected chi connectivity index (χ3v) is 0. The summed E-state index contributed by atoms with van der Waals surface area (Å²) >= 11 is 0. The Morgan fingerprint density at radius 1 is 0.238 bits per heavy atom. The van der Waals surface area contributed by atoms with Gasteiger partial charge in [0.1, 0.15) is 0 Å². The van der Waals surface area contributed by atoms with Crippen molar-refractivity contribution in [3.63, 3.8) is 0 Å². The fraction of sp³-hybridized carbons (Fsp3) is 0. The fourth-order valence-electron chi connectivity index (χ4n) is 0. The van der Waals surface area contributed by atoms with Crippen LogP contribution < -0.4 is 508 Å². The monoisotopic (exact) mass is 528 g/mol. The first-order valence-electron chi connectivity index (χ1n) is 2.12. The molecule has 0 unspecified atom stereocenters. The molecular formula is B3K9O9. The molecule has 0 aliphatic carbocycles. The second kappa shape index (κ2) is 70.1. The van der Waals surface area contributed by atoms with Crippen LogP contribution in [0.25, 0.3) is 0 Å². The molecule has 0 N–H and O–H groups in total. The van der Waals surface area contributed by atoms with Crippen molar-refractivity contribution in [3.05, 3.63) is 0 Å². The molecule has 0 aromatic rings. The first-order valence-corrected chi connectivity index (χ1v) is 2.12. The van der Waals surface area contributed by atoms with E-state index in [1.165, 1.54) is 0 Å². The molecule has 0 bridgehead atoms. The number of rotatable bonds is 0. The van der Waals surface area contributed by atoms with E-state index in [2.05, 4.69) is 0 Å². The maximum Gasteiger partial charge on any atom is 1.00 e. The first kappa shape index (κ1) is 76.5. The normalized spacial score (nSPS) is 3.86. The van der Waals surface area contributed by atoms with Crippen molar-refractivity contribution in [2.45, 2.75) is 0 Å². The molecule has 0 aliphatic heterocycles. The zero-order valence-electron chi connectivity index (χ0n) is 14.4. The standard InChI is InChI=1S/3BO3.9K/c3*2-1(3)4;;;;;;;;;/q3*-3;9*+1. The molecule has 0 atom stereocenters. The van der Waals surface area contributed by atoms with E-state index in [4.69, 9.17) is 45.2 Å². The van der Waals surface area contributed by atoms with Gasteiger partial charge in [-0.2, -0.15) is 0 Å². The predicted octanol–water partition coefficient (Wildman–Crippen LogP) is -38.8. The molecule has 0 aromatic heterocycles. The van der Waals surface area contributed by atoms with Gasteiger partial charge in [-0.05, 0) is 0 Å². The third-order valence-electron chi connectivity index (χ3n) is 0. The first-order chi connectivity index (χ1) is 5.20. The molecular weight excluding hydrogens is 528 g/mol. The molecule has 72 valence electrons. The van der Waals surface area contributed by atoms with Crippen LogP contribution in [-0.4, -0.2) is 22.0 Å². The molecule has 0 heterocycles. The summed E-state index contributed by atoms with van der Waals surface area (Å²) in [5.74, 6) is 0. The average Bonchev–Trinajstić information content (AvgIpc) is 1.54. The Hall–Kier alpha value is 14.6.